The van der Waals surface area contributed by atoms with Crippen molar-refractivity contribution in [2.24, 2.45) is 0 Å². The minimum atomic E-state index is 0. The molecule has 0 aliphatic rings. The van der Waals surface area contributed by atoms with Crippen molar-refractivity contribution in [3.63, 3.8) is 0 Å². The van der Waals surface area contributed by atoms with Crippen molar-refractivity contribution in [3.05, 3.63) is 0 Å². The monoisotopic (exact) mass is 407 g/mol. The highest BCUT2D eigenvalue weighted by Crippen LogP contribution is 2.16. The maximum absolute atomic E-state index is 2.42. The van der Waals surface area contributed by atoms with Gasteiger partial charge in [0.2, 0.25) is 0 Å². The third-order valence-corrected chi connectivity index (χ3v) is 6.66. The van der Waals surface area contributed by atoms with Crippen molar-refractivity contribution in [2.45, 2.75) is 117 Å². The summed E-state index contributed by atoms with van der Waals surface area (Å²) in [6.07, 6.45) is 23.0. The fourth-order valence-electron chi connectivity index (χ4n) is 3.39. The van der Waals surface area contributed by atoms with Gasteiger partial charge in [-0.1, -0.05) is 97.3 Å². The van der Waals surface area contributed by atoms with Crippen LogP contribution in [-0.2, 0) is 0 Å². The standard InChI is InChI=1S/C23H50NS.ClH/c1-5-7-9-11-13-14-15-16-17-19-21-24(3,4)23-25-22-20-18-12-10-8-6-2;/h5-23H2,1-4H3;1H/q+1;/p-1. The van der Waals surface area contributed by atoms with E-state index < -0.39 is 0 Å². The largest absolute Gasteiger partial charge is 1.00 e. The minimum absolute atomic E-state index is 0. The summed E-state index contributed by atoms with van der Waals surface area (Å²) in [6, 6.07) is 0. The normalized spacial score (nSPS) is 11.5. The summed E-state index contributed by atoms with van der Waals surface area (Å²) in [5.41, 5.74) is 0. The molecule has 0 bridgehead atoms. The first-order valence-electron chi connectivity index (χ1n) is 11.5. The molecule has 1 nitrogen and oxygen atoms in total. The number of hydrogen-bond acceptors (Lipinski definition) is 1. The van der Waals surface area contributed by atoms with E-state index in [0.29, 0.717) is 0 Å². The van der Waals surface area contributed by atoms with Gasteiger partial charge in [-0.25, -0.2) is 0 Å². The quantitative estimate of drug-likeness (QED) is 0.155. The summed E-state index contributed by atoms with van der Waals surface area (Å²) in [6.45, 7) is 5.96. The molecule has 0 N–H and O–H groups in total. The van der Waals surface area contributed by atoms with Gasteiger partial charge in [-0.2, -0.15) is 0 Å². The molecule has 0 aromatic carbocycles. The zero-order valence-corrected chi connectivity index (χ0v) is 20.2. The molecule has 160 valence electrons. The molecule has 0 aromatic rings. The summed E-state index contributed by atoms with van der Waals surface area (Å²) in [4.78, 5) is 0. The van der Waals surface area contributed by atoms with E-state index in [4.69, 9.17) is 0 Å². The molecular weight excluding hydrogens is 358 g/mol. The molecule has 0 amide bonds. The lowest BCUT2D eigenvalue weighted by Crippen LogP contribution is -3.00. The fourth-order valence-corrected chi connectivity index (χ4v) is 4.55. The Balaban J connectivity index is 0. The van der Waals surface area contributed by atoms with Gasteiger partial charge in [0.1, 0.15) is 5.88 Å². The molecule has 0 spiro atoms. The molecule has 0 aliphatic carbocycles. The summed E-state index contributed by atoms with van der Waals surface area (Å²) >= 11 is 2.18. The number of thioether (sulfide) groups is 1. The van der Waals surface area contributed by atoms with Crippen LogP contribution in [0.1, 0.15) is 117 Å². The van der Waals surface area contributed by atoms with E-state index in [9.17, 15) is 0 Å². The molecule has 0 fully saturated rings. The average molecular weight is 408 g/mol. The maximum Gasteiger partial charge on any atom is 0.125 e. The number of unbranched alkanes of at least 4 members (excludes halogenated alkanes) is 14. The Morgan fingerprint density at radius 1 is 0.538 bits per heavy atom. The van der Waals surface area contributed by atoms with Crippen LogP contribution < -0.4 is 12.4 Å². The Morgan fingerprint density at radius 2 is 0.923 bits per heavy atom. The molecule has 0 saturated carbocycles. The average Bonchev–Trinajstić information content (AvgIpc) is 2.59. The predicted molar refractivity (Wildman–Crippen MR) is 120 cm³/mol. The topological polar surface area (TPSA) is 0 Å². The number of halogens is 1. The zero-order valence-electron chi connectivity index (χ0n) is 18.7. The van der Waals surface area contributed by atoms with Crippen LogP contribution in [0.3, 0.4) is 0 Å². The van der Waals surface area contributed by atoms with Gasteiger partial charge < -0.3 is 16.9 Å². The van der Waals surface area contributed by atoms with E-state index in [1.165, 1.54) is 125 Å². The van der Waals surface area contributed by atoms with Gasteiger partial charge in [0.15, 0.2) is 0 Å². The Morgan fingerprint density at radius 3 is 1.38 bits per heavy atom. The fraction of sp³-hybridized carbons (Fsp3) is 1.00. The van der Waals surface area contributed by atoms with Crippen LogP contribution in [0.5, 0.6) is 0 Å². The van der Waals surface area contributed by atoms with Gasteiger partial charge >= 0.3 is 0 Å². The molecular formula is C23H50ClNS. The van der Waals surface area contributed by atoms with E-state index in [0.717, 1.165) is 0 Å². The molecule has 0 aliphatic heterocycles. The Kier molecular flexibility index (Phi) is 24.3. The van der Waals surface area contributed by atoms with Crippen molar-refractivity contribution in [1.82, 2.24) is 0 Å². The summed E-state index contributed by atoms with van der Waals surface area (Å²) < 4.78 is 1.21. The van der Waals surface area contributed by atoms with E-state index in [-0.39, 0.29) is 12.4 Å². The van der Waals surface area contributed by atoms with Crippen LogP contribution in [-0.4, -0.2) is 36.8 Å². The lowest BCUT2D eigenvalue weighted by atomic mass is 10.1. The molecule has 0 heterocycles. The highest BCUT2D eigenvalue weighted by molar-refractivity contribution is 7.99. The first-order chi connectivity index (χ1) is 12.1. The van der Waals surface area contributed by atoms with Crippen LogP contribution in [0, 0.1) is 0 Å². The summed E-state index contributed by atoms with van der Waals surface area (Å²) in [7, 11) is 4.84. The second-order valence-electron chi connectivity index (χ2n) is 8.65. The number of hydrogen-bond donors (Lipinski definition) is 0. The van der Waals surface area contributed by atoms with Gasteiger partial charge in [0.25, 0.3) is 0 Å². The lowest BCUT2D eigenvalue weighted by Gasteiger charge is -2.29. The van der Waals surface area contributed by atoms with E-state index in [1.54, 1.807) is 0 Å². The van der Waals surface area contributed by atoms with Gasteiger partial charge in [0, 0.05) is 0 Å². The van der Waals surface area contributed by atoms with Gasteiger partial charge in [0.05, 0.1) is 20.6 Å². The van der Waals surface area contributed by atoms with Crippen molar-refractivity contribution in [3.8, 4) is 0 Å². The molecule has 0 saturated heterocycles. The molecule has 0 atom stereocenters. The second kappa shape index (κ2) is 21.9. The van der Waals surface area contributed by atoms with Crippen molar-refractivity contribution in [2.75, 3.05) is 32.3 Å². The van der Waals surface area contributed by atoms with E-state index >= 15 is 0 Å². The Bertz CT molecular complexity index is 259. The van der Waals surface area contributed by atoms with Gasteiger partial charge in [-0.05, 0) is 25.0 Å². The predicted octanol–water partition coefficient (Wildman–Crippen LogP) is 5.04. The molecule has 3 heteroatoms. The zero-order chi connectivity index (χ0) is 18.6. The third-order valence-electron chi connectivity index (χ3n) is 5.20. The Labute approximate surface area is 177 Å². The van der Waals surface area contributed by atoms with E-state index in [1.807, 2.05) is 0 Å². The van der Waals surface area contributed by atoms with Crippen molar-refractivity contribution >= 4 is 11.8 Å². The first kappa shape index (κ1) is 28.8. The Hall–Kier alpha value is 0.600. The van der Waals surface area contributed by atoms with Gasteiger partial charge in [-0.15, -0.1) is 11.8 Å². The molecule has 26 heavy (non-hydrogen) atoms. The lowest BCUT2D eigenvalue weighted by molar-refractivity contribution is -0.877. The highest BCUT2D eigenvalue weighted by atomic mass is 35.5. The molecule has 0 rings (SSSR count). The van der Waals surface area contributed by atoms with Crippen molar-refractivity contribution in [1.29, 1.82) is 0 Å². The van der Waals surface area contributed by atoms with Crippen molar-refractivity contribution < 1.29 is 16.9 Å². The maximum atomic E-state index is 2.42. The molecule has 0 unspecified atom stereocenters. The van der Waals surface area contributed by atoms with Crippen LogP contribution in [0.25, 0.3) is 0 Å². The minimum Gasteiger partial charge on any atom is -1.00 e. The van der Waals surface area contributed by atoms with Crippen LogP contribution in [0.2, 0.25) is 0 Å². The number of quaternary nitrogens is 1. The summed E-state index contributed by atoms with van der Waals surface area (Å²) in [5.74, 6) is 2.66. The first-order valence-corrected chi connectivity index (χ1v) is 12.7. The smallest absolute Gasteiger partial charge is 0.125 e. The van der Waals surface area contributed by atoms with E-state index in [2.05, 4.69) is 39.7 Å². The number of rotatable bonds is 20. The highest BCUT2D eigenvalue weighted by Gasteiger charge is 2.13. The summed E-state index contributed by atoms with van der Waals surface area (Å²) in [5, 5.41) is 0. The third kappa shape index (κ3) is 22.6. The SMILES string of the molecule is CCCCCCCCCCCC[N+](C)(C)CSCCCCCCCC.[Cl-]. The molecule has 0 radical (unpaired) electrons. The number of nitrogens with zero attached hydrogens (tertiary/aromatic N) is 1. The second-order valence-corrected chi connectivity index (χ2v) is 9.72. The molecule has 0 aromatic heterocycles. The van der Waals surface area contributed by atoms with Crippen LogP contribution in [0.15, 0.2) is 0 Å². The van der Waals surface area contributed by atoms with Gasteiger partial charge in [-0.3, -0.25) is 0 Å². The van der Waals surface area contributed by atoms with Crippen LogP contribution >= 0.6 is 11.8 Å². The van der Waals surface area contributed by atoms with Crippen LogP contribution in [0.4, 0.5) is 0 Å².